The highest BCUT2D eigenvalue weighted by Gasteiger charge is 2.15. The molecule has 2 aromatic carbocycles. The fourth-order valence-corrected chi connectivity index (χ4v) is 2.31. The first kappa shape index (κ1) is 15.4. The van der Waals surface area contributed by atoms with E-state index < -0.39 is 0 Å². The summed E-state index contributed by atoms with van der Waals surface area (Å²) in [6, 6.07) is 16.0. The molecule has 0 heterocycles. The van der Waals surface area contributed by atoms with Gasteiger partial charge in [0.1, 0.15) is 11.5 Å². The summed E-state index contributed by atoms with van der Waals surface area (Å²) in [4.78, 5) is 0. The van der Waals surface area contributed by atoms with Gasteiger partial charge < -0.3 is 9.47 Å². The summed E-state index contributed by atoms with van der Waals surface area (Å²) in [6.07, 6.45) is 0.782. The Labute approximate surface area is 125 Å². The van der Waals surface area contributed by atoms with Gasteiger partial charge in [0.25, 0.3) is 0 Å². The van der Waals surface area contributed by atoms with Crippen LogP contribution in [0.15, 0.2) is 48.5 Å². The largest absolute Gasteiger partial charge is 0.497 e. The molecule has 4 nitrogen and oxygen atoms in total. The fourth-order valence-electron chi connectivity index (χ4n) is 2.31. The molecular weight excluding hydrogens is 264 g/mol. The first-order valence-corrected chi connectivity index (χ1v) is 7.09. The Balaban J connectivity index is 2.19. The van der Waals surface area contributed by atoms with Gasteiger partial charge in [-0.25, -0.2) is 0 Å². The molecule has 1 atom stereocenters. The maximum absolute atomic E-state index is 5.74. The summed E-state index contributed by atoms with van der Waals surface area (Å²) < 4.78 is 10.9. The highest BCUT2D eigenvalue weighted by atomic mass is 16.5. The van der Waals surface area contributed by atoms with Crippen LogP contribution in [0.5, 0.6) is 11.5 Å². The zero-order valence-electron chi connectivity index (χ0n) is 12.5. The summed E-state index contributed by atoms with van der Waals surface area (Å²) in [5.74, 6) is 7.47. The van der Waals surface area contributed by atoms with Gasteiger partial charge in [-0.05, 0) is 37.1 Å². The first-order valence-electron chi connectivity index (χ1n) is 7.09. The van der Waals surface area contributed by atoms with Crippen molar-refractivity contribution in [1.29, 1.82) is 0 Å². The van der Waals surface area contributed by atoms with Crippen LogP contribution in [0.25, 0.3) is 0 Å². The third-order valence-corrected chi connectivity index (χ3v) is 3.39. The van der Waals surface area contributed by atoms with E-state index in [0.29, 0.717) is 6.61 Å². The molecule has 0 spiro atoms. The van der Waals surface area contributed by atoms with Crippen LogP contribution in [0.1, 0.15) is 24.1 Å². The Morgan fingerprint density at radius 2 is 1.81 bits per heavy atom. The molecular formula is C17H22N2O2. The molecule has 1 unspecified atom stereocenters. The summed E-state index contributed by atoms with van der Waals surface area (Å²) in [5, 5.41) is 0. The van der Waals surface area contributed by atoms with Gasteiger partial charge in [0.05, 0.1) is 19.8 Å². The molecule has 2 rings (SSSR count). The number of hydrazine groups is 1. The number of nitrogens with one attached hydrogen (secondary N) is 1. The third kappa shape index (κ3) is 3.97. The van der Waals surface area contributed by atoms with Crippen LogP contribution in [-0.2, 0) is 6.42 Å². The van der Waals surface area contributed by atoms with Gasteiger partial charge in [0.2, 0.25) is 0 Å². The molecule has 0 aromatic heterocycles. The highest BCUT2D eigenvalue weighted by Crippen LogP contribution is 2.27. The lowest BCUT2D eigenvalue weighted by atomic mass is 9.98. The van der Waals surface area contributed by atoms with Gasteiger partial charge in [-0.1, -0.05) is 30.3 Å². The van der Waals surface area contributed by atoms with E-state index in [9.17, 15) is 0 Å². The minimum Gasteiger partial charge on any atom is -0.497 e. The van der Waals surface area contributed by atoms with Crippen molar-refractivity contribution in [3.63, 3.8) is 0 Å². The highest BCUT2D eigenvalue weighted by molar-refractivity contribution is 5.37. The number of para-hydroxylation sites is 1. The number of hydrogen-bond acceptors (Lipinski definition) is 4. The van der Waals surface area contributed by atoms with E-state index in [-0.39, 0.29) is 6.04 Å². The predicted octanol–water partition coefficient (Wildman–Crippen LogP) is 2.84. The van der Waals surface area contributed by atoms with Crippen molar-refractivity contribution in [1.82, 2.24) is 5.43 Å². The molecule has 112 valence electrons. The molecule has 0 aliphatic rings. The predicted molar refractivity (Wildman–Crippen MR) is 84.4 cm³/mol. The Bertz CT molecular complexity index is 555. The number of nitrogens with two attached hydrogens (primary N) is 1. The smallest absolute Gasteiger partial charge is 0.124 e. The Kier molecular flexibility index (Phi) is 5.60. The van der Waals surface area contributed by atoms with Crippen LogP contribution in [-0.4, -0.2) is 13.7 Å². The second kappa shape index (κ2) is 7.67. The minimum absolute atomic E-state index is 0.00106. The van der Waals surface area contributed by atoms with Crippen molar-refractivity contribution in [2.45, 2.75) is 19.4 Å². The molecule has 0 fully saturated rings. The standard InChI is InChI=1S/C17H22N2O2/c1-3-21-17-7-5-4-6-15(17)16(19-18)12-13-8-10-14(20-2)11-9-13/h4-11,16,19H,3,12,18H2,1-2H3. The molecule has 0 bridgehead atoms. The third-order valence-electron chi connectivity index (χ3n) is 3.39. The Morgan fingerprint density at radius 3 is 2.43 bits per heavy atom. The van der Waals surface area contributed by atoms with Crippen molar-refractivity contribution >= 4 is 0 Å². The normalized spacial score (nSPS) is 12.0. The molecule has 0 radical (unpaired) electrons. The van der Waals surface area contributed by atoms with Crippen LogP contribution in [0.2, 0.25) is 0 Å². The molecule has 0 aliphatic heterocycles. The van der Waals surface area contributed by atoms with E-state index in [0.717, 1.165) is 23.5 Å². The van der Waals surface area contributed by atoms with Gasteiger partial charge in [-0.15, -0.1) is 0 Å². The van der Waals surface area contributed by atoms with Crippen LogP contribution in [0, 0.1) is 0 Å². The zero-order chi connectivity index (χ0) is 15.1. The topological polar surface area (TPSA) is 56.5 Å². The van der Waals surface area contributed by atoms with Gasteiger partial charge in [-0.3, -0.25) is 11.3 Å². The summed E-state index contributed by atoms with van der Waals surface area (Å²) in [7, 11) is 1.66. The van der Waals surface area contributed by atoms with E-state index in [1.807, 2.05) is 55.5 Å². The molecule has 2 aromatic rings. The fraction of sp³-hybridized carbons (Fsp3) is 0.294. The van der Waals surface area contributed by atoms with Crippen molar-refractivity contribution in [2.75, 3.05) is 13.7 Å². The van der Waals surface area contributed by atoms with Crippen LogP contribution in [0.4, 0.5) is 0 Å². The number of methoxy groups -OCH3 is 1. The molecule has 4 heteroatoms. The second-order valence-corrected chi connectivity index (χ2v) is 4.74. The van der Waals surface area contributed by atoms with Crippen LogP contribution in [0.3, 0.4) is 0 Å². The number of benzene rings is 2. The lowest BCUT2D eigenvalue weighted by Gasteiger charge is -2.20. The van der Waals surface area contributed by atoms with Crippen LogP contribution >= 0.6 is 0 Å². The van der Waals surface area contributed by atoms with E-state index in [1.54, 1.807) is 7.11 Å². The molecule has 0 saturated carbocycles. The monoisotopic (exact) mass is 286 g/mol. The van der Waals surface area contributed by atoms with Crippen molar-refractivity contribution < 1.29 is 9.47 Å². The Hall–Kier alpha value is -2.04. The summed E-state index contributed by atoms with van der Waals surface area (Å²) in [6.45, 7) is 2.61. The van der Waals surface area contributed by atoms with E-state index in [2.05, 4.69) is 5.43 Å². The summed E-state index contributed by atoms with van der Waals surface area (Å²) in [5.41, 5.74) is 5.14. The maximum Gasteiger partial charge on any atom is 0.124 e. The maximum atomic E-state index is 5.74. The van der Waals surface area contributed by atoms with Gasteiger partial charge in [0, 0.05) is 5.56 Å². The molecule has 0 amide bonds. The number of ether oxygens (including phenoxy) is 2. The van der Waals surface area contributed by atoms with Crippen molar-refractivity contribution in [2.24, 2.45) is 5.84 Å². The minimum atomic E-state index is 0.00106. The van der Waals surface area contributed by atoms with Crippen molar-refractivity contribution in [3.05, 3.63) is 59.7 Å². The summed E-state index contributed by atoms with van der Waals surface area (Å²) >= 11 is 0. The molecule has 0 aliphatic carbocycles. The average molecular weight is 286 g/mol. The van der Waals surface area contributed by atoms with Gasteiger partial charge in [0.15, 0.2) is 0 Å². The molecule has 3 N–H and O–H groups in total. The number of rotatable bonds is 7. The number of hydrogen-bond donors (Lipinski definition) is 2. The molecule has 21 heavy (non-hydrogen) atoms. The van der Waals surface area contributed by atoms with Crippen molar-refractivity contribution in [3.8, 4) is 11.5 Å². The molecule has 0 saturated heterocycles. The van der Waals surface area contributed by atoms with Crippen LogP contribution < -0.4 is 20.7 Å². The lowest BCUT2D eigenvalue weighted by Crippen LogP contribution is -2.30. The van der Waals surface area contributed by atoms with E-state index in [4.69, 9.17) is 15.3 Å². The van der Waals surface area contributed by atoms with E-state index >= 15 is 0 Å². The van der Waals surface area contributed by atoms with E-state index in [1.165, 1.54) is 5.56 Å². The average Bonchev–Trinajstić information content (AvgIpc) is 2.54. The SMILES string of the molecule is CCOc1ccccc1C(Cc1ccc(OC)cc1)NN. The Morgan fingerprint density at radius 1 is 1.10 bits per heavy atom. The first-order chi connectivity index (χ1) is 10.3. The zero-order valence-corrected chi connectivity index (χ0v) is 12.5. The lowest BCUT2D eigenvalue weighted by molar-refractivity contribution is 0.331. The van der Waals surface area contributed by atoms with Gasteiger partial charge >= 0.3 is 0 Å². The van der Waals surface area contributed by atoms with Gasteiger partial charge in [-0.2, -0.15) is 0 Å². The quantitative estimate of drug-likeness (QED) is 0.607. The second-order valence-electron chi connectivity index (χ2n) is 4.74.